The Hall–Kier alpha value is -1.39. The van der Waals surface area contributed by atoms with Crippen LogP contribution in [0.15, 0.2) is 22.6 Å². The van der Waals surface area contributed by atoms with Crippen molar-refractivity contribution in [2.75, 3.05) is 19.6 Å². The topological polar surface area (TPSA) is 55.3 Å². The number of nitrogens with zero attached hydrogens (tertiary/aromatic N) is 2. The second-order valence-corrected chi connectivity index (χ2v) is 7.01. The molecule has 114 valence electrons. The average Bonchev–Trinajstić information content (AvgIpc) is 2.83. The smallest absolute Gasteiger partial charge is 0.198 e. The monoisotopic (exact) mass is 287 g/mol. The van der Waals surface area contributed by atoms with E-state index < -0.39 is 0 Å². The summed E-state index contributed by atoms with van der Waals surface area (Å²) in [6, 6.07) is 6.14. The van der Waals surface area contributed by atoms with Crippen molar-refractivity contribution in [1.82, 2.24) is 9.88 Å². The lowest BCUT2D eigenvalue weighted by Crippen LogP contribution is -2.47. The standard InChI is InChI=1S/C17H25N3O/c1-12-5-4-6-14-15(12)21-16(19-14)13-7-9-20(10-8-13)11-17(2,3)18/h4-6,13H,7-11,18H2,1-3H3. The fourth-order valence-corrected chi connectivity index (χ4v) is 3.19. The summed E-state index contributed by atoms with van der Waals surface area (Å²) in [5.41, 5.74) is 9.07. The molecule has 0 spiro atoms. The van der Waals surface area contributed by atoms with Crippen LogP contribution in [0.2, 0.25) is 0 Å². The van der Waals surface area contributed by atoms with Gasteiger partial charge in [0.05, 0.1) is 0 Å². The third kappa shape index (κ3) is 3.27. The highest BCUT2D eigenvalue weighted by Crippen LogP contribution is 2.31. The molecule has 0 atom stereocenters. The minimum absolute atomic E-state index is 0.123. The van der Waals surface area contributed by atoms with Gasteiger partial charge in [-0.3, -0.25) is 0 Å². The summed E-state index contributed by atoms with van der Waals surface area (Å²) in [5, 5.41) is 0. The first-order valence-electron chi connectivity index (χ1n) is 7.80. The van der Waals surface area contributed by atoms with Gasteiger partial charge in [-0.1, -0.05) is 12.1 Å². The molecule has 2 aromatic rings. The van der Waals surface area contributed by atoms with Crippen LogP contribution in [-0.4, -0.2) is 35.1 Å². The van der Waals surface area contributed by atoms with Crippen LogP contribution < -0.4 is 5.73 Å². The Labute approximate surface area is 126 Å². The lowest BCUT2D eigenvalue weighted by Gasteiger charge is -2.34. The van der Waals surface area contributed by atoms with Crippen LogP contribution in [0.5, 0.6) is 0 Å². The molecule has 2 heterocycles. The van der Waals surface area contributed by atoms with Crippen LogP contribution in [0.1, 0.15) is 44.1 Å². The molecule has 2 N–H and O–H groups in total. The summed E-state index contributed by atoms with van der Waals surface area (Å²) in [6.07, 6.45) is 2.20. The van der Waals surface area contributed by atoms with Gasteiger partial charge in [-0.05, 0) is 58.3 Å². The van der Waals surface area contributed by atoms with Gasteiger partial charge < -0.3 is 15.1 Å². The largest absolute Gasteiger partial charge is 0.440 e. The molecule has 0 aliphatic carbocycles. The first-order chi connectivity index (χ1) is 9.92. The van der Waals surface area contributed by atoms with Gasteiger partial charge in [0, 0.05) is 18.0 Å². The Balaban J connectivity index is 1.70. The zero-order valence-corrected chi connectivity index (χ0v) is 13.2. The number of likely N-dealkylation sites (tertiary alicyclic amines) is 1. The molecule has 1 aromatic carbocycles. The molecule has 1 saturated heterocycles. The Kier molecular flexibility index (Phi) is 3.76. The second kappa shape index (κ2) is 5.43. The lowest BCUT2D eigenvalue weighted by atomic mass is 9.95. The van der Waals surface area contributed by atoms with Crippen molar-refractivity contribution in [3.63, 3.8) is 0 Å². The maximum atomic E-state index is 6.11. The van der Waals surface area contributed by atoms with Gasteiger partial charge in [-0.2, -0.15) is 0 Å². The third-order valence-electron chi connectivity index (χ3n) is 4.20. The number of benzene rings is 1. The van der Waals surface area contributed by atoms with Gasteiger partial charge in [-0.15, -0.1) is 0 Å². The van der Waals surface area contributed by atoms with Crippen LogP contribution in [-0.2, 0) is 0 Å². The van der Waals surface area contributed by atoms with E-state index >= 15 is 0 Å². The average molecular weight is 287 g/mol. The maximum absolute atomic E-state index is 6.11. The van der Waals surface area contributed by atoms with E-state index in [2.05, 4.69) is 36.7 Å². The molecule has 1 fully saturated rings. The fourth-order valence-electron chi connectivity index (χ4n) is 3.19. The van der Waals surface area contributed by atoms with E-state index in [1.807, 2.05) is 12.1 Å². The minimum atomic E-state index is -0.123. The Morgan fingerprint density at radius 3 is 2.67 bits per heavy atom. The van der Waals surface area contributed by atoms with Crippen molar-refractivity contribution in [2.24, 2.45) is 5.73 Å². The van der Waals surface area contributed by atoms with E-state index in [4.69, 9.17) is 10.2 Å². The van der Waals surface area contributed by atoms with Gasteiger partial charge in [0.2, 0.25) is 0 Å². The summed E-state index contributed by atoms with van der Waals surface area (Å²) in [5.74, 6) is 1.35. The van der Waals surface area contributed by atoms with Crippen molar-refractivity contribution >= 4 is 11.1 Å². The van der Waals surface area contributed by atoms with Crippen molar-refractivity contribution in [3.05, 3.63) is 29.7 Å². The number of nitrogens with two attached hydrogens (primary N) is 1. The first-order valence-corrected chi connectivity index (χ1v) is 7.80. The fraction of sp³-hybridized carbons (Fsp3) is 0.588. The number of piperidine rings is 1. The van der Waals surface area contributed by atoms with Crippen molar-refractivity contribution in [1.29, 1.82) is 0 Å². The second-order valence-electron chi connectivity index (χ2n) is 7.01. The molecule has 0 bridgehead atoms. The summed E-state index contributed by atoms with van der Waals surface area (Å²) in [7, 11) is 0. The predicted molar refractivity (Wildman–Crippen MR) is 85.4 cm³/mol. The number of hydrogen-bond acceptors (Lipinski definition) is 4. The minimum Gasteiger partial charge on any atom is -0.440 e. The van der Waals surface area contributed by atoms with E-state index in [1.165, 1.54) is 0 Å². The molecule has 1 aromatic heterocycles. The number of aromatic nitrogens is 1. The highest BCUT2D eigenvalue weighted by Gasteiger charge is 2.27. The summed E-state index contributed by atoms with van der Waals surface area (Å²) < 4.78 is 6.02. The first kappa shape index (κ1) is 14.5. The van der Waals surface area contributed by atoms with Crippen LogP contribution >= 0.6 is 0 Å². The van der Waals surface area contributed by atoms with Crippen molar-refractivity contribution in [2.45, 2.75) is 45.1 Å². The number of fused-ring (bicyclic) bond motifs is 1. The van der Waals surface area contributed by atoms with Crippen LogP contribution in [0, 0.1) is 6.92 Å². The Morgan fingerprint density at radius 1 is 1.33 bits per heavy atom. The molecule has 21 heavy (non-hydrogen) atoms. The summed E-state index contributed by atoms with van der Waals surface area (Å²) >= 11 is 0. The number of hydrogen-bond donors (Lipinski definition) is 1. The van der Waals surface area contributed by atoms with Gasteiger partial charge in [0.15, 0.2) is 11.5 Å². The van der Waals surface area contributed by atoms with E-state index in [1.54, 1.807) is 0 Å². The number of oxazole rings is 1. The van der Waals surface area contributed by atoms with E-state index in [9.17, 15) is 0 Å². The molecular weight excluding hydrogens is 262 g/mol. The molecule has 1 aliphatic heterocycles. The molecule has 0 amide bonds. The zero-order valence-electron chi connectivity index (χ0n) is 13.2. The van der Waals surface area contributed by atoms with Gasteiger partial charge in [0.25, 0.3) is 0 Å². The maximum Gasteiger partial charge on any atom is 0.198 e. The molecule has 4 nitrogen and oxygen atoms in total. The van der Waals surface area contributed by atoms with Crippen molar-refractivity contribution in [3.8, 4) is 0 Å². The highest BCUT2D eigenvalue weighted by molar-refractivity contribution is 5.76. The summed E-state index contributed by atoms with van der Waals surface area (Å²) in [4.78, 5) is 7.14. The van der Waals surface area contributed by atoms with Crippen LogP contribution in [0.3, 0.4) is 0 Å². The normalized spacial score (nSPS) is 18.5. The molecule has 0 radical (unpaired) electrons. The molecule has 3 rings (SSSR count). The van der Waals surface area contributed by atoms with Gasteiger partial charge in [0.1, 0.15) is 5.52 Å². The number of rotatable bonds is 3. The molecule has 1 aliphatic rings. The highest BCUT2D eigenvalue weighted by atomic mass is 16.3. The third-order valence-corrected chi connectivity index (χ3v) is 4.20. The van der Waals surface area contributed by atoms with Crippen LogP contribution in [0.4, 0.5) is 0 Å². The van der Waals surface area contributed by atoms with Gasteiger partial charge in [-0.25, -0.2) is 4.98 Å². The van der Waals surface area contributed by atoms with E-state index in [0.29, 0.717) is 5.92 Å². The van der Waals surface area contributed by atoms with E-state index in [0.717, 1.165) is 55.0 Å². The Bertz CT molecular complexity index is 618. The zero-order chi connectivity index (χ0) is 15.0. The lowest BCUT2D eigenvalue weighted by molar-refractivity contribution is 0.171. The Morgan fingerprint density at radius 2 is 2.05 bits per heavy atom. The van der Waals surface area contributed by atoms with Crippen molar-refractivity contribution < 1.29 is 4.42 Å². The number of para-hydroxylation sites is 1. The quantitative estimate of drug-likeness (QED) is 0.942. The SMILES string of the molecule is Cc1cccc2nc(C3CCN(CC(C)(C)N)CC3)oc12. The molecule has 4 heteroatoms. The van der Waals surface area contributed by atoms with E-state index in [-0.39, 0.29) is 5.54 Å². The number of aryl methyl sites for hydroxylation is 1. The molecule has 0 unspecified atom stereocenters. The molecular formula is C17H25N3O. The van der Waals surface area contributed by atoms with Crippen LogP contribution in [0.25, 0.3) is 11.1 Å². The summed E-state index contributed by atoms with van der Waals surface area (Å²) in [6.45, 7) is 9.34. The predicted octanol–water partition coefficient (Wildman–Crippen LogP) is 3.05. The van der Waals surface area contributed by atoms with Gasteiger partial charge >= 0.3 is 0 Å². The molecule has 0 saturated carbocycles.